The molecule has 1 aromatic carbocycles. The zero-order chi connectivity index (χ0) is 17.6. The van der Waals surface area contributed by atoms with Crippen molar-refractivity contribution in [1.29, 1.82) is 0 Å². The Morgan fingerprint density at radius 2 is 1.88 bits per heavy atom. The minimum atomic E-state index is -0.859. The van der Waals surface area contributed by atoms with E-state index in [1.54, 1.807) is 12.1 Å². The van der Waals surface area contributed by atoms with Gasteiger partial charge in [-0.3, -0.25) is 9.59 Å². The lowest BCUT2D eigenvalue weighted by Crippen LogP contribution is -2.36. The molecule has 0 saturated heterocycles. The van der Waals surface area contributed by atoms with Crippen molar-refractivity contribution in [1.82, 2.24) is 5.32 Å². The number of ketones is 1. The first-order chi connectivity index (χ1) is 12.1. The van der Waals surface area contributed by atoms with Crippen LogP contribution in [0.1, 0.15) is 25.7 Å². The molecule has 0 aromatic heterocycles. The normalized spacial score (nSPS) is 17.4. The topological polar surface area (TPSA) is 93.7 Å². The SMILES string of the molecule is O=C(COC(=O)C1=C(Nc2ccccc2)OCC1=O)NC1CCCC1. The van der Waals surface area contributed by atoms with Gasteiger partial charge in [-0.15, -0.1) is 0 Å². The number of ether oxygens (including phenoxy) is 2. The molecule has 0 unspecified atom stereocenters. The molecule has 0 radical (unpaired) electrons. The molecular weight excluding hydrogens is 324 g/mol. The average molecular weight is 344 g/mol. The summed E-state index contributed by atoms with van der Waals surface area (Å²) in [6.07, 6.45) is 4.08. The van der Waals surface area contributed by atoms with E-state index in [1.165, 1.54) is 0 Å². The summed E-state index contributed by atoms with van der Waals surface area (Å²) in [5.74, 6) is -1.63. The molecule has 1 amide bonds. The highest BCUT2D eigenvalue weighted by molar-refractivity contribution is 6.20. The summed E-state index contributed by atoms with van der Waals surface area (Å²) in [6.45, 7) is -0.640. The highest BCUT2D eigenvalue weighted by Gasteiger charge is 2.33. The van der Waals surface area contributed by atoms with Crippen LogP contribution in [0.3, 0.4) is 0 Å². The largest absolute Gasteiger partial charge is 0.470 e. The van der Waals surface area contributed by atoms with Gasteiger partial charge in [0.25, 0.3) is 5.91 Å². The summed E-state index contributed by atoms with van der Waals surface area (Å²) in [4.78, 5) is 35.9. The molecule has 3 rings (SSSR count). The first-order valence-electron chi connectivity index (χ1n) is 8.32. The number of esters is 1. The number of amides is 1. The van der Waals surface area contributed by atoms with Crippen LogP contribution in [0.25, 0.3) is 0 Å². The molecule has 7 heteroatoms. The lowest BCUT2D eigenvalue weighted by molar-refractivity contribution is -0.145. The zero-order valence-electron chi connectivity index (χ0n) is 13.7. The highest BCUT2D eigenvalue weighted by Crippen LogP contribution is 2.21. The van der Waals surface area contributed by atoms with Gasteiger partial charge in [-0.1, -0.05) is 31.0 Å². The lowest BCUT2D eigenvalue weighted by atomic mass is 10.2. The van der Waals surface area contributed by atoms with Crippen molar-refractivity contribution in [3.63, 3.8) is 0 Å². The van der Waals surface area contributed by atoms with E-state index < -0.39 is 18.4 Å². The van der Waals surface area contributed by atoms with Gasteiger partial charge in [-0.05, 0) is 25.0 Å². The minimum absolute atomic E-state index is 0.0531. The molecular formula is C18H20N2O5. The van der Waals surface area contributed by atoms with E-state index >= 15 is 0 Å². The number of carbonyl (C=O) groups is 3. The summed E-state index contributed by atoms with van der Waals surface area (Å²) >= 11 is 0. The highest BCUT2D eigenvalue weighted by atomic mass is 16.5. The second-order valence-electron chi connectivity index (χ2n) is 6.03. The molecule has 0 atom stereocenters. The molecule has 132 valence electrons. The third kappa shape index (κ3) is 4.37. The monoisotopic (exact) mass is 344 g/mol. The van der Waals surface area contributed by atoms with E-state index in [9.17, 15) is 14.4 Å². The number of benzene rings is 1. The third-order valence-electron chi connectivity index (χ3n) is 4.14. The molecule has 1 heterocycles. The van der Waals surface area contributed by atoms with Crippen LogP contribution in [0, 0.1) is 0 Å². The Bertz CT molecular complexity index is 693. The van der Waals surface area contributed by atoms with Crippen LogP contribution in [-0.2, 0) is 23.9 Å². The quantitative estimate of drug-likeness (QED) is 0.600. The number of carbonyl (C=O) groups excluding carboxylic acids is 3. The predicted molar refractivity (Wildman–Crippen MR) is 89.4 cm³/mol. The number of para-hydroxylation sites is 1. The molecule has 1 saturated carbocycles. The van der Waals surface area contributed by atoms with E-state index in [0.717, 1.165) is 25.7 Å². The van der Waals surface area contributed by atoms with Gasteiger partial charge in [0.2, 0.25) is 11.7 Å². The van der Waals surface area contributed by atoms with Crippen LogP contribution in [0.5, 0.6) is 0 Å². The van der Waals surface area contributed by atoms with Crippen LogP contribution in [-0.4, -0.2) is 36.9 Å². The fourth-order valence-corrected chi connectivity index (χ4v) is 2.91. The van der Waals surface area contributed by atoms with Crippen molar-refractivity contribution in [3.8, 4) is 0 Å². The molecule has 25 heavy (non-hydrogen) atoms. The van der Waals surface area contributed by atoms with Gasteiger partial charge in [-0.25, -0.2) is 4.79 Å². The Kier molecular flexibility index (Phi) is 5.33. The van der Waals surface area contributed by atoms with Crippen LogP contribution in [0.15, 0.2) is 41.8 Å². The minimum Gasteiger partial charge on any atom is -0.470 e. The van der Waals surface area contributed by atoms with Gasteiger partial charge in [0.1, 0.15) is 0 Å². The van der Waals surface area contributed by atoms with Crippen molar-refractivity contribution >= 4 is 23.3 Å². The zero-order valence-corrected chi connectivity index (χ0v) is 13.7. The second-order valence-corrected chi connectivity index (χ2v) is 6.03. The van der Waals surface area contributed by atoms with Crippen molar-refractivity contribution in [2.75, 3.05) is 18.5 Å². The molecule has 2 aliphatic rings. The smallest absolute Gasteiger partial charge is 0.347 e. The van der Waals surface area contributed by atoms with Crippen LogP contribution in [0.2, 0.25) is 0 Å². The first kappa shape index (κ1) is 17.0. The maximum absolute atomic E-state index is 12.2. The summed E-state index contributed by atoms with van der Waals surface area (Å²) in [5.41, 5.74) is 0.481. The van der Waals surface area contributed by atoms with Gasteiger partial charge in [0, 0.05) is 11.7 Å². The predicted octanol–water partition coefficient (Wildman–Crippen LogP) is 1.51. The van der Waals surface area contributed by atoms with Crippen LogP contribution >= 0.6 is 0 Å². The number of anilines is 1. The molecule has 1 aliphatic carbocycles. The Morgan fingerprint density at radius 1 is 1.16 bits per heavy atom. The maximum Gasteiger partial charge on any atom is 0.347 e. The number of rotatable bonds is 6. The van der Waals surface area contributed by atoms with E-state index in [-0.39, 0.29) is 30.0 Å². The van der Waals surface area contributed by atoms with Crippen molar-refractivity contribution in [2.45, 2.75) is 31.7 Å². The number of Topliss-reactive ketones (excluding diaryl/α,β-unsaturated/α-hetero) is 1. The Morgan fingerprint density at radius 3 is 2.60 bits per heavy atom. The maximum atomic E-state index is 12.2. The number of hydrogen-bond donors (Lipinski definition) is 2. The van der Waals surface area contributed by atoms with Gasteiger partial charge in [-0.2, -0.15) is 0 Å². The van der Waals surface area contributed by atoms with Crippen molar-refractivity contribution in [3.05, 3.63) is 41.8 Å². The fourth-order valence-electron chi connectivity index (χ4n) is 2.91. The molecule has 2 N–H and O–H groups in total. The van der Waals surface area contributed by atoms with E-state index in [2.05, 4.69) is 10.6 Å². The first-order valence-corrected chi connectivity index (χ1v) is 8.32. The third-order valence-corrected chi connectivity index (χ3v) is 4.14. The number of nitrogens with one attached hydrogen (secondary N) is 2. The molecule has 1 aromatic rings. The molecule has 1 aliphatic heterocycles. The summed E-state index contributed by atoms with van der Waals surface area (Å²) < 4.78 is 10.2. The second kappa shape index (κ2) is 7.83. The Hall–Kier alpha value is -2.83. The van der Waals surface area contributed by atoms with Gasteiger partial charge in [0.05, 0.1) is 0 Å². The van der Waals surface area contributed by atoms with Gasteiger partial charge < -0.3 is 20.1 Å². The van der Waals surface area contributed by atoms with E-state index in [0.29, 0.717) is 5.69 Å². The lowest BCUT2D eigenvalue weighted by Gasteiger charge is -2.12. The van der Waals surface area contributed by atoms with Gasteiger partial charge in [0.15, 0.2) is 18.8 Å². The standard InChI is InChI=1S/C18H20N2O5/c21-14-10-24-17(20-13-6-2-1-3-7-13)16(14)18(23)25-11-15(22)19-12-8-4-5-9-12/h1-3,6-7,12,20H,4-5,8-11H2,(H,19,22). The van der Waals surface area contributed by atoms with E-state index in [4.69, 9.17) is 9.47 Å². The molecule has 1 fully saturated rings. The summed E-state index contributed by atoms with van der Waals surface area (Å²) in [5, 5.41) is 5.71. The summed E-state index contributed by atoms with van der Waals surface area (Å²) in [6, 6.07) is 9.17. The number of hydrogen-bond acceptors (Lipinski definition) is 6. The van der Waals surface area contributed by atoms with Gasteiger partial charge >= 0.3 is 5.97 Å². The molecule has 0 bridgehead atoms. The van der Waals surface area contributed by atoms with Crippen LogP contribution in [0.4, 0.5) is 5.69 Å². The molecule has 7 nitrogen and oxygen atoms in total. The van der Waals surface area contributed by atoms with E-state index in [1.807, 2.05) is 18.2 Å². The van der Waals surface area contributed by atoms with Crippen molar-refractivity contribution < 1.29 is 23.9 Å². The van der Waals surface area contributed by atoms with Crippen molar-refractivity contribution in [2.24, 2.45) is 0 Å². The van der Waals surface area contributed by atoms with Crippen LogP contribution < -0.4 is 10.6 Å². The summed E-state index contributed by atoms with van der Waals surface area (Å²) in [7, 11) is 0. The Balaban J connectivity index is 1.59. The molecule has 0 spiro atoms. The Labute approximate surface area is 145 Å². The fraction of sp³-hybridized carbons (Fsp3) is 0.389. The average Bonchev–Trinajstić information content (AvgIpc) is 3.24.